The molecule has 1 atom stereocenters. The first-order chi connectivity index (χ1) is 12.0. The summed E-state index contributed by atoms with van der Waals surface area (Å²) in [6.45, 7) is 5.05. The van der Waals surface area contributed by atoms with E-state index in [0.717, 1.165) is 19.4 Å². The third-order valence-electron chi connectivity index (χ3n) is 4.29. The van der Waals surface area contributed by atoms with Gasteiger partial charge < -0.3 is 20.1 Å². The van der Waals surface area contributed by atoms with Gasteiger partial charge in [-0.05, 0) is 45.4 Å². The average molecular weight is 349 g/mol. The monoisotopic (exact) mass is 349 g/mol. The molecule has 1 saturated heterocycles. The summed E-state index contributed by atoms with van der Waals surface area (Å²) in [6, 6.07) is 5.29. The summed E-state index contributed by atoms with van der Waals surface area (Å²) in [4.78, 5) is 26.8. The van der Waals surface area contributed by atoms with E-state index in [2.05, 4.69) is 29.4 Å². The van der Waals surface area contributed by atoms with E-state index >= 15 is 0 Å². The van der Waals surface area contributed by atoms with Crippen LogP contribution in [-0.4, -0.2) is 56.2 Å². The molecule has 7 heteroatoms. The number of methoxy groups -OCH3 is 2. The van der Waals surface area contributed by atoms with Crippen LogP contribution in [0.3, 0.4) is 0 Å². The Labute approximate surface area is 148 Å². The molecule has 0 radical (unpaired) electrons. The minimum absolute atomic E-state index is 0.0524. The molecule has 0 spiro atoms. The molecular weight excluding hydrogens is 322 g/mol. The molecule has 1 heterocycles. The van der Waals surface area contributed by atoms with Gasteiger partial charge in [-0.1, -0.05) is 0 Å². The number of carbonyl (C=O) groups excluding carboxylic acids is 2. The first-order valence-corrected chi connectivity index (χ1v) is 8.49. The summed E-state index contributed by atoms with van der Waals surface area (Å²) >= 11 is 0. The molecule has 2 amide bonds. The third-order valence-corrected chi connectivity index (χ3v) is 4.29. The molecule has 0 aliphatic carbocycles. The van der Waals surface area contributed by atoms with E-state index in [1.807, 2.05) is 0 Å². The van der Waals surface area contributed by atoms with Crippen LogP contribution in [0, 0.1) is 0 Å². The Morgan fingerprint density at radius 1 is 1.24 bits per heavy atom. The van der Waals surface area contributed by atoms with E-state index in [1.54, 1.807) is 25.3 Å². The lowest BCUT2D eigenvalue weighted by Gasteiger charge is -2.27. The lowest BCUT2D eigenvalue weighted by molar-refractivity contribution is -0.121. The molecule has 0 aromatic heterocycles. The Bertz CT molecular complexity index is 618. The SMILES string of the molecule is COCC(=O)Nc1ccc(OC)cc1NC(=O)[C@@H]1CCCN1C(C)C. The first kappa shape index (κ1) is 19.2. The maximum Gasteiger partial charge on any atom is 0.250 e. The summed E-state index contributed by atoms with van der Waals surface area (Å²) in [5, 5.41) is 5.69. The molecule has 0 unspecified atom stereocenters. The summed E-state index contributed by atoms with van der Waals surface area (Å²) in [5.74, 6) is 0.252. The van der Waals surface area contributed by atoms with Crippen molar-refractivity contribution in [2.75, 3.05) is 38.0 Å². The molecule has 2 rings (SSSR count). The van der Waals surface area contributed by atoms with Gasteiger partial charge in [-0.15, -0.1) is 0 Å². The lowest BCUT2D eigenvalue weighted by Crippen LogP contribution is -2.43. The normalized spacial score (nSPS) is 17.6. The van der Waals surface area contributed by atoms with Crippen LogP contribution < -0.4 is 15.4 Å². The van der Waals surface area contributed by atoms with Crippen molar-refractivity contribution in [2.24, 2.45) is 0 Å². The molecule has 1 fully saturated rings. The van der Waals surface area contributed by atoms with E-state index < -0.39 is 0 Å². The second kappa shape index (κ2) is 8.82. The number of rotatable bonds is 7. The van der Waals surface area contributed by atoms with Gasteiger partial charge in [0.15, 0.2) is 0 Å². The number of likely N-dealkylation sites (tertiary alicyclic amines) is 1. The fraction of sp³-hybridized carbons (Fsp3) is 0.556. The number of amides is 2. The Kier molecular flexibility index (Phi) is 6.78. The van der Waals surface area contributed by atoms with Crippen LogP contribution in [0.5, 0.6) is 5.75 Å². The van der Waals surface area contributed by atoms with Crippen molar-refractivity contribution in [1.82, 2.24) is 4.90 Å². The molecule has 1 aliphatic heterocycles. The summed E-state index contributed by atoms with van der Waals surface area (Å²) in [7, 11) is 3.01. The zero-order valence-electron chi connectivity index (χ0n) is 15.3. The van der Waals surface area contributed by atoms with Crippen molar-refractivity contribution < 1.29 is 19.1 Å². The van der Waals surface area contributed by atoms with Crippen molar-refractivity contribution in [1.29, 1.82) is 0 Å². The molecule has 0 bridgehead atoms. The zero-order valence-corrected chi connectivity index (χ0v) is 15.3. The number of anilines is 2. The predicted octanol–water partition coefficient (Wildman–Crippen LogP) is 2.09. The van der Waals surface area contributed by atoms with Gasteiger partial charge in [-0.2, -0.15) is 0 Å². The second-order valence-corrected chi connectivity index (χ2v) is 6.37. The van der Waals surface area contributed by atoms with Crippen LogP contribution in [0.2, 0.25) is 0 Å². The molecular formula is C18H27N3O4. The maximum atomic E-state index is 12.8. The Morgan fingerprint density at radius 3 is 2.64 bits per heavy atom. The molecule has 138 valence electrons. The lowest BCUT2D eigenvalue weighted by atomic mass is 10.1. The molecule has 7 nitrogen and oxygen atoms in total. The topological polar surface area (TPSA) is 79.9 Å². The smallest absolute Gasteiger partial charge is 0.250 e. The molecule has 1 aromatic carbocycles. The number of hydrogen-bond acceptors (Lipinski definition) is 5. The van der Waals surface area contributed by atoms with Gasteiger partial charge in [0, 0.05) is 19.2 Å². The Morgan fingerprint density at radius 2 is 2.00 bits per heavy atom. The van der Waals surface area contributed by atoms with Crippen LogP contribution in [-0.2, 0) is 14.3 Å². The van der Waals surface area contributed by atoms with Gasteiger partial charge in [0.05, 0.1) is 24.5 Å². The van der Waals surface area contributed by atoms with E-state index in [-0.39, 0.29) is 24.5 Å². The molecule has 1 aliphatic rings. The van der Waals surface area contributed by atoms with Crippen molar-refractivity contribution in [3.05, 3.63) is 18.2 Å². The number of benzene rings is 1. The first-order valence-electron chi connectivity index (χ1n) is 8.49. The zero-order chi connectivity index (χ0) is 18.4. The number of hydrogen-bond donors (Lipinski definition) is 2. The fourth-order valence-electron chi connectivity index (χ4n) is 3.08. The molecule has 25 heavy (non-hydrogen) atoms. The number of nitrogens with one attached hydrogen (secondary N) is 2. The highest BCUT2D eigenvalue weighted by Gasteiger charge is 2.32. The van der Waals surface area contributed by atoms with Gasteiger partial charge in [-0.3, -0.25) is 14.5 Å². The molecule has 2 N–H and O–H groups in total. The average Bonchev–Trinajstić information content (AvgIpc) is 3.06. The van der Waals surface area contributed by atoms with E-state index in [1.165, 1.54) is 7.11 Å². The quantitative estimate of drug-likeness (QED) is 0.788. The summed E-state index contributed by atoms with van der Waals surface area (Å²) in [6.07, 6.45) is 1.84. The van der Waals surface area contributed by atoms with E-state index in [4.69, 9.17) is 9.47 Å². The number of carbonyl (C=O) groups is 2. The van der Waals surface area contributed by atoms with Crippen molar-refractivity contribution in [3.63, 3.8) is 0 Å². The fourth-order valence-corrected chi connectivity index (χ4v) is 3.08. The standard InChI is InChI=1S/C18H27N3O4/c1-12(2)21-9-5-6-16(21)18(23)20-15-10-13(25-4)7-8-14(15)19-17(22)11-24-3/h7-8,10,12,16H,5-6,9,11H2,1-4H3,(H,19,22)(H,20,23)/t16-/m0/s1. The highest BCUT2D eigenvalue weighted by Crippen LogP contribution is 2.29. The van der Waals surface area contributed by atoms with Gasteiger partial charge in [0.2, 0.25) is 11.8 Å². The minimum atomic E-state index is -0.284. The molecule has 0 saturated carbocycles. The van der Waals surface area contributed by atoms with E-state index in [0.29, 0.717) is 23.2 Å². The Balaban J connectivity index is 2.18. The minimum Gasteiger partial charge on any atom is -0.497 e. The van der Waals surface area contributed by atoms with Crippen LogP contribution in [0.1, 0.15) is 26.7 Å². The van der Waals surface area contributed by atoms with Crippen LogP contribution in [0.4, 0.5) is 11.4 Å². The van der Waals surface area contributed by atoms with E-state index in [9.17, 15) is 9.59 Å². The van der Waals surface area contributed by atoms with Crippen LogP contribution >= 0.6 is 0 Å². The van der Waals surface area contributed by atoms with Crippen LogP contribution in [0.25, 0.3) is 0 Å². The van der Waals surface area contributed by atoms with Gasteiger partial charge in [0.1, 0.15) is 12.4 Å². The van der Waals surface area contributed by atoms with Crippen molar-refractivity contribution >= 4 is 23.2 Å². The van der Waals surface area contributed by atoms with Gasteiger partial charge in [0.25, 0.3) is 0 Å². The highest BCUT2D eigenvalue weighted by atomic mass is 16.5. The second-order valence-electron chi connectivity index (χ2n) is 6.37. The number of ether oxygens (including phenoxy) is 2. The van der Waals surface area contributed by atoms with Crippen molar-refractivity contribution in [3.8, 4) is 5.75 Å². The molecule has 1 aromatic rings. The predicted molar refractivity (Wildman–Crippen MR) is 97.0 cm³/mol. The van der Waals surface area contributed by atoms with Crippen LogP contribution in [0.15, 0.2) is 18.2 Å². The van der Waals surface area contributed by atoms with Gasteiger partial charge in [-0.25, -0.2) is 0 Å². The summed E-state index contributed by atoms with van der Waals surface area (Å²) in [5.41, 5.74) is 1.04. The van der Waals surface area contributed by atoms with Crippen molar-refractivity contribution in [2.45, 2.75) is 38.8 Å². The van der Waals surface area contributed by atoms with Gasteiger partial charge >= 0.3 is 0 Å². The number of nitrogens with zero attached hydrogens (tertiary/aromatic N) is 1. The largest absolute Gasteiger partial charge is 0.497 e. The highest BCUT2D eigenvalue weighted by molar-refractivity contribution is 6.02. The third kappa shape index (κ3) is 4.93. The summed E-state index contributed by atoms with van der Waals surface area (Å²) < 4.78 is 10.1. The maximum absolute atomic E-state index is 12.8. The Hall–Kier alpha value is -2.12.